The lowest BCUT2D eigenvalue weighted by Crippen LogP contribution is -2.74. The molecular formula is C32H38N6O6. The zero-order valence-corrected chi connectivity index (χ0v) is 25.1. The molecule has 4 N–H and O–H groups in total. The van der Waals surface area contributed by atoms with Gasteiger partial charge in [0.05, 0.1) is 0 Å². The molecule has 3 fully saturated rings. The molecule has 2 atom stereocenters. The van der Waals surface area contributed by atoms with Gasteiger partial charge in [0.25, 0.3) is 17.4 Å². The summed E-state index contributed by atoms with van der Waals surface area (Å²) in [5, 5.41) is 11.6. The van der Waals surface area contributed by atoms with Crippen molar-refractivity contribution in [2.75, 3.05) is 11.9 Å². The molecular weight excluding hydrogens is 564 g/mol. The van der Waals surface area contributed by atoms with Crippen LogP contribution in [0.2, 0.25) is 0 Å². The van der Waals surface area contributed by atoms with E-state index < -0.39 is 35.1 Å². The number of benzene rings is 1. The van der Waals surface area contributed by atoms with E-state index >= 15 is 0 Å². The summed E-state index contributed by atoms with van der Waals surface area (Å²) in [6, 6.07) is 10.9. The Hall–Kier alpha value is -4.74. The minimum absolute atomic E-state index is 0.0823. The topological polar surface area (TPSA) is 160 Å². The van der Waals surface area contributed by atoms with E-state index in [-0.39, 0.29) is 43.1 Å². The van der Waals surface area contributed by atoms with Crippen LogP contribution in [0, 0.1) is 11.8 Å². The number of rotatable bonds is 13. The van der Waals surface area contributed by atoms with E-state index in [1.165, 1.54) is 16.8 Å². The van der Waals surface area contributed by atoms with Crippen molar-refractivity contribution in [3.63, 3.8) is 0 Å². The van der Waals surface area contributed by atoms with Crippen molar-refractivity contribution in [1.29, 1.82) is 0 Å². The Labute approximate surface area is 254 Å². The van der Waals surface area contributed by atoms with Crippen molar-refractivity contribution >= 4 is 46.0 Å². The van der Waals surface area contributed by atoms with E-state index in [0.29, 0.717) is 24.1 Å². The van der Waals surface area contributed by atoms with Gasteiger partial charge in [-0.2, -0.15) is 0 Å². The quantitative estimate of drug-likeness (QED) is 0.219. The van der Waals surface area contributed by atoms with Crippen LogP contribution >= 0.6 is 0 Å². The van der Waals surface area contributed by atoms with Gasteiger partial charge in [0.2, 0.25) is 17.6 Å². The standard InChI is InChI=1S/C32H38N6O6/c1-4-33-30(43)26(39)13-12-22(34-29(42)25-15-20-9-6-7-11-24(20)38(25)5-2)28(41)35-23-10-8-14-37(31(23)44)18-27(40)36-32-16-21(17-32)19(32)3/h6-11,14-15,19,21-22H,4-5,12-13,16-18H2,1-3H3,(H,33,43)(H,34,42)(H,35,41)(H,36,40)/t19-,21?,22-,32?/m0/s1. The first kappa shape index (κ1) is 30.7. The van der Waals surface area contributed by atoms with Gasteiger partial charge in [-0.05, 0) is 69.2 Å². The van der Waals surface area contributed by atoms with Crippen LogP contribution in [0.5, 0.6) is 0 Å². The van der Waals surface area contributed by atoms with Gasteiger partial charge in [0.15, 0.2) is 0 Å². The lowest BCUT2D eigenvalue weighted by atomic mass is 9.43. The number of para-hydroxylation sites is 1. The van der Waals surface area contributed by atoms with Crippen molar-refractivity contribution in [1.82, 2.24) is 25.1 Å². The fraction of sp³-hybridized carbons (Fsp3) is 0.438. The van der Waals surface area contributed by atoms with Crippen LogP contribution in [0.3, 0.4) is 0 Å². The maximum Gasteiger partial charge on any atom is 0.287 e. The summed E-state index contributed by atoms with van der Waals surface area (Å²) in [6.07, 6.45) is 2.90. The molecule has 44 heavy (non-hydrogen) atoms. The van der Waals surface area contributed by atoms with Gasteiger partial charge in [0, 0.05) is 42.1 Å². The highest BCUT2D eigenvalue weighted by atomic mass is 16.2. The number of carbonyl (C=O) groups excluding carboxylic acids is 5. The van der Waals surface area contributed by atoms with E-state index in [1.807, 2.05) is 35.8 Å². The summed E-state index contributed by atoms with van der Waals surface area (Å²) >= 11 is 0. The second-order valence-electron chi connectivity index (χ2n) is 11.7. The minimum Gasteiger partial charge on any atom is -0.350 e. The lowest BCUT2D eigenvalue weighted by Gasteiger charge is -2.67. The normalized spacial score (nSPS) is 20.5. The first-order valence-corrected chi connectivity index (χ1v) is 15.1. The van der Waals surface area contributed by atoms with Gasteiger partial charge in [-0.15, -0.1) is 0 Å². The van der Waals surface area contributed by atoms with E-state index in [0.717, 1.165) is 23.7 Å². The van der Waals surface area contributed by atoms with Crippen molar-refractivity contribution in [3.05, 3.63) is 64.7 Å². The molecule has 0 unspecified atom stereocenters. The third-order valence-electron chi connectivity index (χ3n) is 9.04. The summed E-state index contributed by atoms with van der Waals surface area (Å²) < 4.78 is 3.03. The Bertz CT molecular complexity index is 1680. The van der Waals surface area contributed by atoms with E-state index in [1.54, 1.807) is 19.1 Å². The van der Waals surface area contributed by atoms with E-state index in [4.69, 9.17) is 0 Å². The number of amides is 4. The number of carbonyl (C=O) groups is 5. The van der Waals surface area contributed by atoms with E-state index in [9.17, 15) is 28.8 Å². The second kappa shape index (κ2) is 12.5. The van der Waals surface area contributed by atoms with Crippen LogP contribution in [0.1, 0.15) is 56.9 Å². The molecule has 2 aromatic heterocycles. The molecule has 3 aliphatic carbocycles. The van der Waals surface area contributed by atoms with Crippen LogP contribution in [0.4, 0.5) is 5.69 Å². The van der Waals surface area contributed by atoms with Crippen molar-refractivity contribution in [2.24, 2.45) is 11.8 Å². The molecule has 12 nitrogen and oxygen atoms in total. The average molecular weight is 603 g/mol. The van der Waals surface area contributed by atoms with Crippen LogP contribution in [-0.2, 0) is 32.3 Å². The highest BCUT2D eigenvalue weighted by molar-refractivity contribution is 6.36. The molecule has 6 rings (SSSR count). The minimum atomic E-state index is -1.24. The van der Waals surface area contributed by atoms with Crippen molar-refractivity contribution in [3.8, 4) is 0 Å². The summed E-state index contributed by atoms with van der Waals surface area (Å²) in [7, 11) is 0. The SMILES string of the molecule is CCNC(=O)C(=O)CC[C@H](NC(=O)c1cc2ccccc2n1CC)C(=O)Nc1cccn(CC(=O)NC23CC(C2)[C@@H]3C)c1=O. The predicted octanol–water partition coefficient (Wildman–Crippen LogP) is 1.96. The largest absolute Gasteiger partial charge is 0.350 e. The number of nitrogens with one attached hydrogen (secondary N) is 4. The zero-order chi connectivity index (χ0) is 31.6. The molecule has 1 aromatic carbocycles. The van der Waals surface area contributed by atoms with Crippen LogP contribution in [0.25, 0.3) is 10.9 Å². The van der Waals surface area contributed by atoms with Gasteiger partial charge in [-0.1, -0.05) is 25.1 Å². The Balaban J connectivity index is 1.32. The smallest absolute Gasteiger partial charge is 0.287 e. The lowest BCUT2D eigenvalue weighted by molar-refractivity contribution is -0.151. The molecule has 3 aromatic rings. The number of aryl methyl sites for hydroxylation is 1. The van der Waals surface area contributed by atoms with Crippen LogP contribution in [0.15, 0.2) is 53.5 Å². The van der Waals surface area contributed by atoms with Gasteiger partial charge in [-0.25, -0.2) is 0 Å². The fourth-order valence-corrected chi connectivity index (χ4v) is 6.28. The number of anilines is 1. The number of pyridine rings is 1. The summed E-state index contributed by atoms with van der Waals surface area (Å²) in [5.41, 5.74) is 0.340. The fourth-order valence-electron chi connectivity index (χ4n) is 6.28. The van der Waals surface area contributed by atoms with E-state index in [2.05, 4.69) is 28.2 Å². The molecule has 3 aliphatic rings. The molecule has 0 aliphatic heterocycles. The number of likely N-dealkylation sites (N-methyl/N-ethyl adjacent to an activating group) is 1. The van der Waals surface area contributed by atoms with Gasteiger partial charge in [0.1, 0.15) is 24.0 Å². The molecule has 232 valence electrons. The maximum absolute atomic E-state index is 13.5. The van der Waals surface area contributed by atoms with Gasteiger partial charge < -0.3 is 30.4 Å². The molecule has 4 amide bonds. The number of hydrogen-bond acceptors (Lipinski definition) is 6. The van der Waals surface area contributed by atoms with Crippen LogP contribution in [-0.4, -0.2) is 56.7 Å². The maximum atomic E-state index is 13.5. The Kier molecular flexibility index (Phi) is 8.70. The first-order chi connectivity index (χ1) is 21.1. The molecule has 2 heterocycles. The highest BCUT2D eigenvalue weighted by Crippen LogP contribution is 2.61. The Morgan fingerprint density at radius 2 is 1.80 bits per heavy atom. The van der Waals surface area contributed by atoms with Crippen molar-refractivity contribution in [2.45, 2.75) is 71.1 Å². The number of ketones is 1. The average Bonchev–Trinajstić information content (AvgIpc) is 3.38. The monoisotopic (exact) mass is 602 g/mol. The Morgan fingerprint density at radius 3 is 2.45 bits per heavy atom. The molecule has 0 saturated heterocycles. The third kappa shape index (κ3) is 5.88. The Morgan fingerprint density at radius 1 is 1.05 bits per heavy atom. The molecule has 0 spiro atoms. The van der Waals surface area contributed by atoms with Crippen molar-refractivity contribution < 1.29 is 24.0 Å². The first-order valence-electron chi connectivity index (χ1n) is 15.1. The predicted molar refractivity (Wildman–Crippen MR) is 164 cm³/mol. The number of Topliss-reactive ketones (excluding diaryl/α,β-unsaturated/α-hetero) is 1. The third-order valence-corrected chi connectivity index (χ3v) is 9.04. The highest BCUT2D eigenvalue weighted by Gasteiger charge is 2.63. The second-order valence-corrected chi connectivity index (χ2v) is 11.7. The number of fused-ring (bicyclic) bond motifs is 1. The summed E-state index contributed by atoms with van der Waals surface area (Å²) in [6.45, 7) is 6.26. The number of nitrogens with zero attached hydrogens (tertiary/aromatic N) is 2. The zero-order valence-electron chi connectivity index (χ0n) is 25.1. The van der Waals surface area contributed by atoms with Gasteiger partial charge >= 0.3 is 0 Å². The molecule has 2 bridgehead atoms. The number of hydrogen-bond donors (Lipinski definition) is 4. The number of aromatic nitrogens is 2. The molecule has 12 heteroatoms. The van der Waals surface area contributed by atoms with Crippen LogP contribution < -0.4 is 26.8 Å². The summed E-state index contributed by atoms with van der Waals surface area (Å²) in [4.78, 5) is 77.3. The summed E-state index contributed by atoms with van der Waals surface area (Å²) in [5.74, 6) is -1.97. The van der Waals surface area contributed by atoms with Gasteiger partial charge in [-0.3, -0.25) is 28.8 Å². The molecule has 3 saturated carbocycles. The molecule has 0 radical (unpaired) electrons.